The largest absolute Gasteiger partial charge is 0.359 e. The van der Waals surface area contributed by atoms with Gasteiger partial charge in [0.2, 0.25) is 0 Å². The first-order valence-electron chi connectivity index (χ1n) is 5.15. The van der Waals surface area contributed by atoms with Crippen LogP contribution in [0.2, 0.25) is 0 Å². The maximum absolute atomic E-state index is 4.77. The molecule has 2 heterocycles. The third-order valence-electron chi connectivity index (χ3n) is 2.49. The van der Waals surface area contributed by atoms with E-state index in [9.17, 15) is 0 Å². The molecule has 0 spiro atoms. The summed E-state index contributed by atoms with van der Waals surface area (Å²) in [5.41, 5.74) is 0.237. The second kappa shape index (κ2) is 3.97. The minimum atomic E-state index is 0.237. The molecule has 2 unspecified atom stereocenters. The van der Waals surface area contributed by atoms with E-state index in [4.69, 9.17) is 4.99 Å². The molecular weight excluding hydrogens is 212 g/mol. The highest BCUT2D eigenvalue weighted by atomic mass is 32.2. The average Bonchev–Trinajstić information content (AvgIpc) is 2.59. The van der Waals surface area contributed by atoms with Crippen molar-refractivity contribution in [3.8, 4) is 0 Å². The second-order valence-electron chi connectivity index (χ2n) is 4.77. The Balaban J connectivity index is 1.93. The van der Waals surface area contributed by atoms with Crippen LogP contribution in [0.5, 0.6) is 0 Å². The standard InChI is InChI=1S/C10H18N2S2/c1-7-4-8(5-13-7)11-9-12-10(2,3)6-14-9/h7-8H,4-6H2,1-3H3,(H,11,12). The van der Waals surface area contributed by atoms with Crippen molar-refractivity contribution in [2.75, 3.05) is 11.5 Å². The van der Waals surface area contributed by atoms with E-state index in [2.05, 4.69) is 26.1 Å². The third-order valence-corrected chi connectivity index (χ3v) is 5.18. The van der Waals surface area contributed by atoms with Crippen LogP contribution in [0.4, 0.5) is 0 Å². The lowest BCUT2D eigenvalue weighted by molar-refractivity contribution is 0.534. The number of hydrogen-bond donors (Lipinski definition) is 1. The first-order valence-corrected chi connectivity index (χ1v) is 7.19. The molecule has 4 heteroatoms. The van der Waals surface area contributed by atoms with E-state index < -0.39 is 0 Å². The van der Waals surface area contributed by atoms with E-state index in [1.165, 1.54) is 12.2 Å². The molecule has 0 aromatic rings. The van der Waals surface area contributed by atoms with Crippen molar-refractivity contribution < 1.29 is 0 Å². The Morgan fingerprint density at radius 1 is 1.50 bits per heavy atom. The molecule has 2 aliphatic heterocycles. The third kappa shape index (κ3) is 2.60. The summed E-state index contributed by atoms with van der Waals surface area (Å²) < 4.78 is 0. The SMILES string of the molecule is CC1CC(N=C2NC(C)(C)CS2)CS1. The van der Waals surface area contributed by atoms with Crippen LogP contribution in [0.25, 0.3) is 0 Å². The molecule has 2 rings (SSSR count). The van der Waals surface area contributed by atoms with Crippen molar-refractivity contribution in [3.63, 3.8) is 0 Å². The van der Waals surface area contributed by atoms with Gasteiger partial charge in [0.25, 0.3) is 0 Å². The topological polar surface area (TPSA) is 24.4 Å². The maximum atomic E-state index is 4.77. The van der Waals surface area contributed by atoms with Gasteiger partial charge in [-0.1, -0.05) is 18.7 Å². The fourth-order valence-corrected chi connectivity index (χ4v) is 3.99. The number of amidine groups is 1. The summed E-state index contributed by atoms with van der Waals surface area (Å²) in [6, 6.07) is 0.555. The first-order chi connectivity index (χ1) is 6.55. The molecule has 1 N–H and O–H groups in total. The summed E-state index contributed by atoms with van der Waals surface area (Å²) in [5, 5.41) is 5.43. The van der Waals surface area contributed by atoms with Gasteiger partial charge >= 0.3 is 0 Å². The van der Waals surface area contributed by atoms with Crippen molar-refractivity contribution in [2.24, 2.45) is 4.99 Å². The number of aliphatic imine (C=N–C) groups is 1. The second-order valence-corrected chi connectivity index (χ2v) is 7.20. The summed E-state index contributed by atoms with van der Waals surface area (Å²) >= 11 is 3.91. The van der Waals surface area contributed by atoms with Crippen LogP contribution in [0.1, 0.15) is 27.2 Å². The Kier molecular flexibility index (Phi) is 3.03. The molecule has 2 atom stereocenters. The zero-order valence-corrected chi connectivity index (χ0v) is 10.7. The molecule has 2 fully saturated rings. The molecule has 0 aromatic carbocycles. The number of nitrogens with zero attached hydrogens (tertiary/aromatic N) is 1. The monoisotopic (exact) mass is 230 g/mol. The van der Waals surface area contributed by atoms with Crippen LogP contribution < -0.4 is 5.32 Å². The molecule has 0 radical (unpaired) electrons. The lowest BCUT2D eigenvalue weighted by Gasteiger charge is -2.16. The van der Waals surface area contributed by atoms with Gasteiger partial charge in [-0.15, -0.1) is 0 Å². The number of nitrogens with one attached hydrogen (secondary N) is 1. The van der Waals surface area contributed by atoms with Crippen molar-refractivity contribution in [2.45, 2.75) is 44.0 Å². The highest BCUT2D eigenvalue weighted by Crippen LogP contribution is 2.30. The summed E-state index contributed by atoms with van der Waals surface area (Å²) in [4.78, 5) is 4.77. The molecule has 80 valence electrons. The Hall–Kier alpha value is 0.170. The Bertz CT molecular complexity index is 251. The lowest BCUT2D eigenvalue weighted by Crippen LogP contribution is -2.37. The molecule has 2 saturated heterocycles. The zero-order valence-electron chi connectivity index (χ0n) is 9.04. The van der Waals surface area contributed by atoms with Crippen LogP contribution in [-0.2, 0) is 0 Å². The summed E-state index contributed by atoms with van der Waals surface area (Å²) in [7, 11) is 0. The number of hydrogen-bond acceptors (Lipinski definition) is 3. The summed E-state index contributed by atoms with van der Waals surface area (Å²) in [6.45, 7) is 6.76. The predicted octanol–water partition coefficient (Wildman–Crippen LogP) is 2.35. The van der Waals surface area contributed by atoms with Crippen LogP contribution >= 0.6 is 23.5 Å². The normalized spacial score (nSPS) is 38.9. The van der Waals surface area contributed by atoms with Crippen LogP contribution in [-0.4, -0.2) is 33.5 Å². The fraction of sp³-hybridized carbons (Fsp3) is 0.900. The Labute approximate surface area is 94.7 Å². The van der Waals surface area contributed by atoms with E-state index in [1.807, 2.05) is 23.5 Å². The van der Waals surface area contributed by atoms with Crippen molar-refractivity contribution in [1.29, 1.82) is 0 Å². The minimum Gasteiger partial charge on any atom is -0.359 e. The average molecular weight is 230 g/mol. The van der Waals surface area contributed by atoms with Gasteiger partial charge in [-0.2, -0.15) is 11.8 Å². The van der Waals surface area contributed by atoms with E-state index >= 15 is 0 Å². The van der Waals surface area contributed by atoms with Gasteiger partial charge in [0.1, 0.15) is 0 Å². The molecule has 0 aliphatic carbocycles. The Morgan fingerprint density at radius 3 is 2.79 bits per heavy atom. The molecule has 2 aliphatic rings. The van der Waals surface area contributed by atoms with Crippen LogP contribution in [0.3, 0.4) is 0 Å². The molecule has 0 bridgehead atoms. The molecule has 0 aromatic heterocycles. The summed E-state index contributed by atoms with van der Waals surface area (Å²) in [6.07, 6.45) is 1.25. The van der Waals surface area contributed by atoms with E-state index in [1.54, 1.807) is 0 Å². The molecular formula is C10H18N2S2. The quantitative estimate of drug-likeness (QED) is 0.748. The molecule has 0 amide bonds. The maximum Gasteiger partial charge on any atom is 0.157 e. The first kappa shape index (κ1) is 10.7. The van der Waals surface area contributed by atoms with Gasteiger partial charge in [-0.05, 0) is 20.3 Å². The fourth-order valence-electron chi connectivity index (χ4n) is 1.73. The van der Waals surface area contributed by atoms with E-state index in [-0.39, 0.29) is 5.54 Å². The molecule has 0 saturated carbocycles. The minimum absolute atomic E-state index is 0.237. The highest BCUT2D eigenvalue weighted by molar-refractivity contribution is 8.14. The van der Waals surface area contributed by atoms with Crippen LogP contribution in [0.15, 0.2) is 4.99 Å². The molecule has 2 nitrogen and oxygen atoms in total. The van der Waals surface area contributed by atoms with Crippen molar-refractivity contribution in [3.05, 3.63) is 0 Å². The van der Waals surface area contributed by atoms with Crippen LogP contribution in [0, 0.1) is 0 Å². The van der Waals surface area contributed by atoms with Gasteiger partial charge in [-0.3, -0.25) is 4.99 Å². The summed E-state index contributed by atoms with van der Waals surface area (Å²) in [5.74, 6) is 2.34. The zero-order chi connectivity index (χ0) is 10.2. The van der Waals surface area contributed by atoms with E-state index in [0.717, 1.165) is 16.2 Å². The van der Waals surface area contributed by atoms with E-state index in [0.29, 0.717) is 6.04 Å². The highest BCUT2D eigenvalue weighted by Gasteiger charge is 2.29. The van der Waals surface area contributed by atoms with Gasteiger partial charge in [0, 0.05) is 22.3 Å². The van der Waals surface area contributed by atoms with Crippen molar-refractivity contribution >= 4 is 28.7 Å². The predicted molar refractivity (Wildman–Crippen MR) is 67.4 cm³/mol. The van der Waals surface area contributed by atoms with Gasteiger partial charge in [0.15, 0.2) is 5.17 Å². The molecule has 14 heavy (non-hydrogen) atoms. The number of rotatable bonds is 1. The Morgan fingerprint density at radius 2 is 2.29 bits per heavy atom. The smallest absolute Gasteiger partial charge is 0.157 e. The lowest BCUT2D eigenvalue weighted by atomic mass is 10.1. The van der Waals surface area contributed by atoms with Gasteiger partial charge in [-0.25, -0.2) is 0 Å². The number of thioether (sulfide) groups is 2. The van der Waals surface area contributed by atoms with Gasteiger partial charge < -0.3 is 5.32 Å². The van der Waals surface area contributed by atoms with Gasteiger partial charge in [0.05, 0.1) is 6.04 Å². The van der Waals surface area contributed by atoms with Crippen molar-refractivity contribution in [1.82, 2.24) is 5.32 Å².